The number of ether oxygens (including phenoxy) is 1. The summed E-state index contributed by atoms with van der Waals surface area (Å²) in [4.78, 5) is 11.9. The van der Waals surface area contributed by atoms with Gasteiger partial charge in [-0.25, -0.2) is 12.8 Å². The fraction of sp³-hybridized carbons (Fsp3) is 0.562. The molecule has 1 heterocycles. The zero-order valence-corrected chi connectivity index (χ0v) is 14.5. The van der Waals surface area contributed by atoms with Crippen molar-refractivity contribution in [2.45, 2.75) is 25.3 Å². The molecule has 8 heteroatoms. The van der Waals surface area contributed by atoms with E-state index < -0.39 is 15.8 Å². The van der Waals surface area contributed by atoms with Gasteiger partial charge < -0.3 is 10.1 Å². The van der Waals surface area contributed by atoms with Crippen molar-refractivity contribution in [1.82, 2.24) is 9.62 Å². The highest BCUT2D eigenvalue weighted by molar-refractivity contribution is 7.88. The topological polar surface area (TPSA) is 75.7 Å². The molecule has 1 aromatic rings. The Morgan fingerprint density at radius 3 is 2.62 bits per heavy atom. The Balaban J connectivity index is 1.86. The van der Waals surface area contributed by atoms with Gasteiger partial charge in [-0.3, -0.25) is 4.79 Å². The fourth-order valence-electron chi connectivity index (χ4n) is 2.78. The molecule has 1 aliphatic rings. The minimum absolute atomic E-state index is 0.0666. The van der Waals surface area contributed by atoms with Gasteiger partial charge in [0.05, 0.1) is 12.7 Å². The molecule has 0 aromatic heterocycles. The Bertz CT molecular complexity index is 660. The number of nitrogens with zero attached hydrogens (tertiary/aromatic N) is 1. The summed E-state index contributed by atoms with van der Waals surface area (Å²) >= 11 is 0. The van der Waals surface area contributed by atoms with Crippen molar-refractivity contribution < 1.29 is 22.3 Å². The lowest BCUT2D eigenvalue weighted by Gasteiger charge is -2.32. The zero-order chi connectivity index (χ0) is 17.6. The highest BCUT2D eigenvalue weighted by atomic mass is 32.2. The molecule has 1 aliphatic heterocycles. The van der Waals surface area contributed by atoms with Crippen LogP contribution in [0.5, 0.6) is 0 Å². The Morgan fingerprint density at radius 1 is 1.33 bits per heavy atom. The van der Waals surface area contributed by atoms with E-state index in [-0.39, 0.29) is 31.5 Å². The predicted octanol–water partition coefficient (Wildman–Crippen LogP) is 0.925. The van der Waals surface area contributed by atoms with E-state index in [9.17, 15) is 17.6 Å². The van der Waals surface area contributed by atoms with Crippen LogP contribution in [0.4, 0.5) is 4.39 Å². The third-order valence-electron chi connectivity index (χ3n) is 3.99. The van der Waals surface area contributed by atoms with Gasteiger partial charge in [-0.1, -0.05) is 18.2 Å². The van der Waals surface area contributed by atoms with Crippen molar-refractivity contribution in [2.75, 3.05) is 32.6 Å². The molecule has 24 heavy (non-hydrogen) atoms. The molecule has 1 fully saturated rings. The van der Waals surface area contributed by atoms with Crippen LogP contribution in [0.25, 0.3) is 0 Å². The van der Waals surface area contributed by atoms with Gasteiger partial charge in [0.15, 0.2) is 0 Å². The lowest BCUT2D eigenvalue weighted by Crippen LogP contribution is -2.46. The molecule has 0 aliphatic carbocycles. The van der Waals surface area contributed by atoms with Crippen LogP contribution in [-0.2, 0) is 26.0 Å². The van der Waals surface area contributed by atoms with Crippen molar-refractivity contribution >= 4 is 15.9 Å². The number of hydrogen-bond acceptors (Lipinski definition) is 4. The number of rotatable bonds is 7. The Hall–Kier alpha value is -1.51. The van der Waals surface area contributed by atoms with Crippen molar-refractivity contribution in [1.29, 1.82) is 0 Å². The highest BCUT2D eigenvalue weighted by Crippen LogP contribution is 2.16. The lowest BCUT2D eigenvalue weighted by atomic mass is 10.1. The van der Waals surface area contributed by atoms with Crippen LogP contribution in [0, 0.1) is 5.82 Å². The van der Waals surface area contributed by atoms with E-state index in [0.717, 1.165) is 0 Å². The number of nitrogens with one attached hydrogen (secondary N) is 1. The normalized spacial score (nSPS) is 16.3. The molecule has 1 aromatic carbocycles. The predicted molar refractivity (Wildman–Crippen MR) is 88.5 cm³/mol. The largest absolute Gasteiger partial charge is 0.381 e. The fourth-order valence-corrected chi connectivity index (χ4v) is 3.95. The van der Waals surface area contributed by atoms with Gasteiger partial charge in [0.25, 0.3) is 0 Å². The first-order valence-corrected chi connectivity index (χ1v) is 9.77. The standard InChI is InChI=1S/C16H23FN2O4S/c1-24(21,22)19(14-6-10-23-11-7-14)9-8-18-16(20)12-13-4-2-3-5-15(13)17/h2-5,14H,6-12H2,1H3,(H,18,20). The summed E-state index contributed by atoms with van der Waals surface area (Å²) in [6, 6.07) is 5.99. The molecule has 1 amide bonds. The maximum atomic E-state index is 13.5. The number of halogens is 1. The van der Waals surface area contributed by atoms with E-state index in [1.54, 1.807) is 18.2 Å². The van der Waals surface area contributed by atoms with Crippen molar-refractivity contribution in [3.05, 3.63) is 35.6 Å². The van der Waals surface area contributed by atoms with E-state index in [1.807, 2.05) is 0 Å². The zero-order valence-electron chi connectivity index (χ0n) is 13.7. The van der Waals surface area contributed by atoms with Gasteiger partial charge in [-0.15, -0.1) is 0 Å². The molecular weight excluding hydrogens is 335 g/mol. The van der Waals surface area contributed by atoms with E-state index in [2.05, 4.69) is 5.32 Å². The maximum Gasteiger partial charge on any atom is 0.224 e. The average Bonchev–Trinajstić information content (AvgIpc) is 2.53. The minimum atomic E-state index is -3.36. The SMILES string of the molecule is CS(=O)(=O)N(CCNC(=O)Cc1ccccc1F)C1CCOCC1. The Kier molecular flexibility index (Phi) is 6.70. The maximum absolute atomic E-state index is 13.5. The quantitative estimate of drug-likeness (QED) is 0.787. The van der Waals surface area contributed by atoms with Crippen LogP contribution < -0.4 is 5.32 Å². The van der Waals surface area contributed by atoms with E-state index in [4.69, 9.17) is 4.74 Å². The van der Waals surface area contributed by atoms with E-state index in [1.165, 1.54) is 16.6 Å². The number of benzene rings is 1. The van der Waals surface area contributed by atoms with Gasteiger partial charge in [0, 0.05) is 32.3 Å². The van der Waals surface area contributed by atoms with Gasteiger partial charge in [0.1, 0.15) is 5.82 Å². The van der Waals surface area contributed by atoms with Gasteiger partial charge >= 0.3 is 0 Å². The van der Waals surface area contributed by atoms with Gasteiger partial charge in [-0.2, -0.15) is 4.31 Å². The van der Waals surface area contributed by atoms with Crippen LogP contribution in [0.15, 0.2) is 24.3 Å². The first-order valence-electron chi connectivity index (χ1n) is 7.92. The summed E-state index contributed by atoms with van der Waals surface area (Å²) in [6.07, 6.45) is 2.40. The molecule has 0 spiro atoms. The molecule has 0 unspecified atom stereocenters. The summed E-state index contributed by atoms with van der Waals surface area (Å²) in [7, 11) is -3.36. The summed E-state index contributed by atoms with van der Waals surface area (Å²) in [5.74, 6) is -0.756. The second kappa shape index (κ2) is 8.55. The molecule has 0 bridgehead atoms. The number of carbonyl (C=O) groups excluding carboxylic acids is 1. The summed E-state index contributed by atoms with van der Waals surface area (Å²) in [5.41, 5.74) is 0.319. The molecular formula is C16H23FN2O4S. The summed E-state index contributed by atoms with van der Waals surface area (Å²) < 4.78 is 44.1. The third kappa shape index (κ3) is 5.54. The van der Waals surface area contributed by atoms with E-state index >= 15 is 0 Å². The average molecular weight is 358 g/mol. The van der Waals surface area contributed by atoms with Gasteiger partial charge in [0.2, 0.25) is 15.9 Å². The molecule has 0 atom stereocenters. The second-order valence-electron chi connectivity index (χ2n) is 5.84. The molecule has 2 rings (SSSR count). The minimum Gasteiger partial charge on any atom is -0.381 e. The molecule has 1 N–H and O–H groups in total. The van der Waals surface area contributed by atoms with Crippen molar-refractivity contribution in [3.8, 4) is 0 Å². The third-order valence-corrected chi connectivity index (χ3v) is 5.32. The molecule has 6 nitrogen and oxygen atoms in total. The van der Waals surface area contributed by atoms with Crippen molar-refractivity contribution in [3.63, 3.8) is 0 Å². The lowest BCUT2D eigenvalue weighted by molar-refractivity contribution is -0.120. The second-order valence-corrected chi connectivity index (χ2v) is 7.77. The number of amides is 1. The first-order chi connectivity index (χ1) is 11.4. The number of carbonyl (C=O) groups is 1. The van der Waals surface area contributed by atoms with Gasteiger partial charge in [-0.05, 0) is 24.5 Å². The smallest absolute Gasteiger partial charge is 0.224 e. The van der Waals surface area contributed by atoms with E-state index in [0.29, 0.717) is 31.6 Å². The van der Waals surface area contributed by atoms with Crippen LogP contribution >= 0.6 is 0 Å². The van der Waals surface area contributed by atoms with Crippen LogP contribution in [-0.4, -0.2) is 57.2 Å². The Morgan fingerprint density at radius 2 is 2.00 bits per heavy atom. The Labute approximate surface area is 142 Å². The van der Waals surface area contributed by atoms with Crippen LogP contribution in [0.2, 0.25) is 0 Å². The van der Waals surface area contributed by atoms with Crippen LogP contribution in [0.1, 0.15) is 18.4 Å². The number of hydrogen-bond donors (Lipinski definition) is 1. The molecule has 0 saturated carbocycles. The monoisotopic (exact) mass is 358 g/mol. The number of sulfonamides is 1. The molecule has 1 saturated heterocycles. The summed E-state index contributed by atoms with van der Waals surface area (Å²) in [5, 5.41) is 2.66. The highest BCUT2D eigenvalue weighted by Gasteiger charge is 2.28. The van der Waals surface area contributed by atoms with Crippen LogP contribution in [0.3, 0.4) is 0 Å². The molecule has 134 valence electrons. The molecule has 0 radical (unpaired) electrons. The van der Waals surface area contributed by atoms with Crippen molar-refractivity contribution in [2.24, 2.45) is 0 Å². The summed E-state index contributed by atoms with van der Waals surface area (Å²) in [6.45, 7) is 1.47. The first kappa shape index (κ1) is 18.8.